The number of aliphatic hydroxyl groups excluding tert-OH is 1. The Bertz CT molecular complexity index is 1380. The second-order valence-electron chi connectivity index (χ2n) is 10.3. The molecule has 5 N–H and O–H groups in total. The van der Waals surface area contributed by atoms with E-state index in [9.17, 15) is 23.4 Å². The van der Waals surface area contributed by atoms with Crippen molar-refractivity contribution in [3.63, 3.8) is 0 Å². The number of aromatic hydroxyl groups is 1. The van der Waals surface area contributed by atoms with Crippen LogP contribution in [-0.4, -0.2) is 88.5 Å². The average molecular weight is 587 g/mol. The van der Waals surface area contributed by atoms with Crippen LogP contribution in [0.25, 0.3) is 0 Å². The van der Waals surface area contributed by atoms with Gasteiger partial charge in [0.15, 0.2) is 5.82 Å². The molecule has 0 spiro atoms. The van der Waals surface area contributed by atoms with E-state index in [2.05, 4.69) is 42.5 Å². The third kappa shape index (κ3) is 8.62. The molecule has 3 aromatic rings. The van der Waals surface area contributed by atoms with E-state index in [0.717, 1.165) is 50.7 Å². The van der Waals surface area contributed by atoms with Crippen LogP contribution in [0.2, 0.25) is 0 Å². The van der Waals surface area contributed by atoms with Crippen molar-refractivity contribution in [2.24, 2.45) is 0 Å². The van der Waals surface area contributed by atoms with Crippen molar-refractivity contribution in [3.05, 3.63) is 59.4 Å². The Kier molecular flexibility index (Phi) is 10.1. The summed E-state index contributed by atoms with van der Waals surface area (Å²) in [6.45, 7) is 4.98. The van der Waals surface area contributed by atoms with Crippen LogP contribution in [-0.2, 0) is 16.6 Å². The number of nitrogens with one attached hydrogen (secondary N) is 3. The van der Waals surface area contributed by atoms with Crippen LogP contribution in [0.15, 0.2) is 42.5 Å². The van der Waals surface area contributed by atoms with E-state index in [-0.39, 0.29) is 23.4 Å². The zero-order chi connectivity index (χ0) is 29.4. The number of hydrogen-bond acceptors (Lipinski definition) is 10. The van der Waals surface area contributed by atoms with Crippen molar-refractivity contribution in [2.75, 3.05) is 42.1 Å². The Balaban J connectivity index is 1.27. The van der Waals surface area contributed by atoms with Crippen LogP contribution in [0.3, 0.4) is 0 Å². The Hall–Kier alpha value is -3.75. The standard InChI is InChI=1S/C27H38N8O5S/c1-3-4-13-35(18-26-29-32-33-30-26)27(38)19-5-8-22(9-6-19)34-14-11-21(12-15-34)28-17-25(37)20-7-10-24(36)23(16-20)31-41(2,39)40/h5-10,16,21,25,28,31,36-37H,3-4,11-15,17-18H2,1-2H3,(H,29,30,32,33)/t25-/m1/s1. The van der Waals surface area contributed by atoms with Crippen molar-refractivity contribution in [1.82, 2.24) is 30.8 Å². The molecule has 1 aliphatic rings. The zero-order valence-corrected chi connectivity index (χ0v) is 24.1. The van der Waals surface area contributed by atoms with Crippen molar-refractivity contribution < 1.29 is 23.4 Å². The number of piperidine rings is 1. The van der Waals surface area contributed by atoms with E-state index in [1.807, 2.05) is 24.3 Å². The quantitative estimate of drug-likeness (QED) is 0.186. The van der Waals surface area contributed by atoms with Gasteiger partial charge in [0.05, 0.1) is 24.6 Å². The van der Waals surface area contributed by atoms with Gasteiger partial charge in [0.25, 0.3) is 5.91 Å². The average Bonchev–Trinajstić information content (AvgIpc) is 3.48. The van der Waals surface area contributed by atoms with E-state index < -0.39 is 16.1 Å². The lowest BCUT2D eigenvalue weighted by atomic mass is 10.0. The summed E-state index contributed by atoms with van der Waals surface area (Å²) in [5.41, 5.74) is 2.20. The third-order valence-corrected chi connectivity index (χ3v) is 7.66. The van der Waals surface area contributed by atoms with Crippen molar-refractivity contribution in [1.29, 1.82) is 0 Å². The number of rotatable bonds is 13. The molecule has 1 saturated heterocycles. The van der Waals surface area contributed by atoms with Gasteiger partial charge in [-0.25, -0.2) is 13.5 Å². The first-order chi connectivity index (χ1) is 19.6. The maximum Gasteiger partial charge on any atom is 0.254 e. The Morgan fingerprint density at radius 2 is 1.93 bits per heavy atom. The van der Waals surface area contributed by atoms with Gasteiger partial charge < -0.3 is 25.3 Å². The van der Waals surface area contributed by atoms with Gasteiger partial charge in [-0.1, -0.05) is 19.4 Å². The number of phenols is 1. The number of carbonyl (C=O) groups excluding carboxylic acids is 1. The highest BCUT2D eigenvalue weighted by atomic mass is 32.2. The lowest BCUT2D eigenvalue weighted by molar-refractivity contribution is 0.0736. The SMILES string of the molecule is CCCCN(Cc1nnn[nH]1)C(=O)c1ccc(N2CCC(NC[C@@H](O)c3ccc(O)c(NS(C)(=O)=O)c3)CC2)cc1. The Morgan fingerprint density at radius 3 is 2.56 bits per heavy atom. The molecule has 14 heteroatoms. The predicted molar refractivity (Wildman–Crippen MR) is 155 cm³/mol. The first kappa shape index (κ1) is 30.2. The maximum atomic E-state index is 13.2. The highest BCUT2D eigenvalue weighted by Crippen LogP contribution is 2.28. The number of unbranched alkanes of at least 4 members (excludes halogenated alkanes) is 1. The van der Waals surface area contributed by atoms with Crippen LogP contribution >= 0.6 is 0 Å². The number of tetrazole rings is 1. The van der Waals surface area contributed by atoms with Gasteiger partial charge in [-0.2, -0.15) is 0 Å². The van der Waals surface area contributed by atoms with Gasteiger partial charge in [-0.15, -0.1) is 5.10 Å². The number of benzene rings is 2. The Morgan fingerprint density at radius 1 is 1.20 bits per heavy atom. The summed E-state index contributed by atoms with van der Waals surface area (Å²) in [6, 6.07) is 12.3. The third-order valence-electron chi connectivity index (χ3n) is 7.07. The number of amides is 1. The molecule has 1 aliphatic heterocycles. The van der Waals surface area contributed by atoms with Crippen molar-refractivity contribution in [2.45, 2.75) is 51.3 Å². The minimum absolute atomic E-state index is 0.0332. The van der Waals surface area contributed by atoms with Crippen LogP contribution in [0.4, 0.5) is 11.4 Å². The van der Waals surface area contributed by atoms with Gasteiger partial charge in [-0.05, 0) is 71.7 Å². The normalized spacial score (nSPS) is 15.0. The number of sulfonamides is 1. The fourth-order valence-electron chi connectivity index (χ4n) is 4.81. The topological polar surface area (TPSA) is 177 Å². The number of H-pyrrole nitrogens is 1. The molecular weight excluding hydrogens is 548 g/mol. The van der Waals surface area contributed by atoms with E-state index in [4.69, 9.17) is 0 Å². The molecule has 222 valence electrons. The van der Waals surface area contributed by atoms with Gasteiger partial charge in [0, 0.05) is 43.5 Å². The molecule has 13 nitrogen and oxygen atoms in total. The maximum absolute atomic E-state index is 13.2. The summed E-state index contributed by atoms with van der Waals surface area (Å²) in [7, 11) is -3.56. The van der Waals surface area contributed by atoms with Gasteiger partial charge in [0.1, 0.15) is 5.75 Å². The number of aromatic amines is 1. The first-order valence-corrected chi connectivity index (χ1v) is 15.6. The van der Waals surface area contributed by atoms with E-state index >= 15 is 0 Å². The summed E-state index contributed by atoms with van der Waals surface area (Å²) < 4.78 is 25.3. The number of carbonyl (C=O) groups is 1. The van der Waals surface area contributed by atoms with Crippen LogP contribution < -0.4 is 14.9 Å². The van der Waals surface area contributed by atoms with Gasteiger partial charge >= 0.3 is 0 Å². The van der Waals surface area contributed by atoms with Crippen molar-refractivity contribution in [3.8, 4) is 5.75 Å². The van der Waals surface area contributed by atoms with Crippen LogP contribution in [0.5, 0.6) is 5.75 Å². The summed E-state index contributed by atoms with van der Waals surface area (Å²) >= 11 is 0. The molecule has 1 atom stereocenters. The molecule has 0 bridgehead atoms. The summed E-state index contributed by atoms with van der Waals surface area (Å²) in [5, 5.41) is 37.8. The van der Waals surface area contributed by atoms with Crippen LogP contribution in [0, 0.1) is 0 Å². The zero-order valence-electron chi connectivity index (χ0n) is 23.3. The fourth-order valence-corrected chi connectivity index (χ4v) is 5.37. The number of nitrogens with zero attached hydrogens (tertiary/aromatic N) is 5. The van der Waals surface area contributed by atoms with E-state index in [1.165, 1.54) is 12.1 Å². The number of phenolic OH excluding ortho intramolecular Hbond substituents is 1. The Labute approximate surface area is 240 Å². The van der Waals surface area contributed by atoms with Crippen molar-refractivity contribution >= 4 is 27.3 Å². The first-order valence-electron chi connectivity index (χ1n) is 13.7. The molecular formula is C27H38N8O5S. The van der Waals surface area contributed by atoms with Crippen LogP contribution in [0.1, 0.15) is 60.5 Å². The van der Waals surface area contributed by atoms with E-state index in [1.54, 1.807) is 11.0 Å². The molecule has 0 saturated carbocycles. The lowest BCUT2D eigenvalue weighted by Crippen LogP contribution is -2.43. The molecule has 1 fully saturated rings. The number of aromatic nitrogens is 4. The summed E-state index contributed by atoms with van der Waals surface area (Å²) in [5.74, 6) is 0.282. The molecule has 2 aromatic carbocycles. The fraction of sp³-hybridized carbons (Fsp3) is 0.481. The molecule has 0 radical (unpaired) electrons. The smallest absolute Gasteiger partial charge is 0.254 e. The lowest BCUT2D eigenvalue weighted by Gasteiger charge is -2.34. The van der Waals surface area contributed by atoms with Gasteiger partial charge in [-0.3, -0.25) is 9.52 Å². The molecule has 2 heterocycles. The molecule has 0 unspecified atom stereocenters. The largest absolute Gasteiger partial charge is 0.506 e. The van der Waals surface area contributed by atoms with Gasteiger partial charge in [0.2, 0.25) is 10.0 Å². The minimum atomic E-state index is -3.56. The highest BCUT2D eigenvalue weighted by Gasteiger charge is 2.22. The van der Waals surface area contributed by atoms with E-state index in [0.29, 0.717) is 36.6 Å². The molecule has 1 aromatic heterocycles. The molecule has 41 heavy (non-hydrogen) atoms. The number of aliphatic hydroxyl groups is 1. The number of hydrogen-bond donors (Lipinski definition) is 5. The predicted octanol–water partition coefficient (Wildman–Crippen LogP) is 2.01. The summed E-state index contributed by atoms with van der Waals surface area (Å²) in [6.07, 6.45) is 3.75. The highest BCUT2D eigenvalue weighted by molar-refractivity contribution is 7.92. The second kappa shape index (κ2) is 13.7. The summed E-state index contributed by atoms with van der Waals surface area (Å²) in [4.78, 5) is 17.2. The molecule has 1 amide bonds. The molecule has 0 aliphatic carbocycles. The second-order valence-corrected chi connectivity index (χ2v) is 12.1. The molecule has 4 rings (SSSR count). The minimum Gasteiger partial charge on any atom is -0.506 e. The monoisotopic (exact) mass is 586 g/mol. The number of anilines is 2.